The van der Waals surface area contributed by atoms with Crippen LogP contribution in [0, 0.1) is 0 Å². The summed E-state index contributed by atoms with van der Waals surface area (Å²) >= 11 is 0. The fourth-order valence-electron chi connectivity index (χ4n) is 4.88. The molecule has 0 radical (unpaired) electrons. The molecule has 0 aliphatic rings. The van der Waals surface area contributed by atoms with Gasteiger partial charge in [-0.15, -0.1) is 0 Å². The molecule has 0 aliphatic carbocycles. The highest BCUT2D eigenvalue weighted by molar-refractivity contribution is 6.61. The second-order valence-corrected chi connectivity index (χ2v) is 19.1. The van der Waals surface area contributed by atoms with Crippen molar-refractivity contribution in [2.24, 2.45) is 0 Å². The highest BCUT2D eigenvalue weighted by atomic mass is 28.4. The highest BCUT2D eigenvalue weighted by Crippen LogP contribution is 2.23. The molecular formula is C26H59NO13Si3. The molecule has 0 aromatic heterocycles. The zero-order valence-electron chi connectivity index (χ0n) is 28.4. The smallest absolute Gasteiger partial charge is 0.379 e. The molecule has 14 nitrogen and oxygen atoms in total. The van der Waals surface area contributed by atoms with Crippen molar-refractivity contribution in [3.05, 3.63) is 0 Å². The summed E-state index contributed by atoms with van der Waals surface area (Å²) < 4.78 is 68.2. The molecule has 0 aliphatic heterocycles. The first kappa shape index (κ1) is 42.6. The molecule has 258 valence electrons. The molecule has 0 fully saturated rings. The third-order valence-electron chi connectivity index (χ3n) is 7.50. The summed E-state index contributed by atoms with van der Waals surface area (Å²) in [7, 11) is 6.12. The van der Waals surface area contributed by atoms with Gasteiger partial charge in [0.15, 0.2) is 0 Å². The molecule has 0 saturated carbocycles. The first-order chi connectivity index (χ1) is 20.6. The zero-order chi connectivity index (χ0) is 32.8. The van der Waals surface area contributed by atoms with Gasteiger partial charge in [0.25, 0.3) is 0 Å². The van der Waals surface area contributed by atoms with E-state index in [1.807, 2.05) is 6.92 Å². The van der Waals surface area contributed by atoms with Gasteiger partial charge in [0, 0.05) is 115 Å². The zero-order valence-corrected chi connectivity index (χ0v) is 31.4. The van der Waals surface area contributed by atoms with Crippen molar-refractivity contribution in [2.45, 2.75) is 56.8 Å². The number of likely N-dealkylation sites (N-methyl/N-ethyl adjacent to an activating group) is 1. The Bertz CT molecular complexity index is 615. The second kappa shape index (κ2) is 23.0. The van der Waals surface area contributed by atoms with Gasteiger partial charge in [0.2, 0.25) is 5.91 Å². The van der Waals surface area contributed by atoms with E-state index in [2.05, 4.69) is 0 Å². The topological polar surface area (TPSA) is 131 Å². The summed E-state index contributed by atoms with van der Waals surface area (Å²) in [5, 5.41) is 0. The average molecular weight is 678 g/mol. The Hall–Kier alpha value is -0.359. The summed E-state index contributed by atoms with van der Waals surface area (Å²) in [5.41, 5.74) is -0.866. The molecule has 0 aromatic rings. The lowest BCUT2D eigenvalue weighted by Crippen LogP contribution is -2.60. The molecule has 17 heteroatoms. The van der Waals surface area contributed by atoms with E-state index in [0.29, 0.717) is 63.8 Å². The van der Waals surface area contributed by atoms with Crippen LogP contribution in [0.3, 0.4) is 0 Å². The monoisotopic (exact) mass is 677 g/mol. The van der Waals surface area contributed by atoms with E-state index in [0.717, 1.165) is 0 Å². The Morgan fingerprint density at radius 1 is 0.535 bits per heavy atom. The lowest BCUT2D eigenvalue weighted by Gasteiger charge is -2.42. The Kier molecular flexibility index (Phi) is 22.8. The third kappa shape index (κ3) is 13.9. The fourth-order valence-corrected chi connectivity index (χ4v) is 9.95. The number of carbonyl (C=O) groups is 1. The maximum atomic E-state index is 12.9. The Balaban J connectivity index is 5.64. The van der Waals surface area contributed by atoms with Crippen LogP contribution in [0.2, 0.25) is 18.1 Å². The van der Waals surface area contributed by atoms with Crippen molar-refractivity contribution >= 4 is 32.3 Å². The van der Waals surface area contributed by atoms with E-state index >= 15 is 0 Å². The number of ether oxygens (including phenoxy) is 3. The maximum absolute atomic E-state index is 12.9. The minimum atomic E-state index is -2.72. The Morgan fingerprint density at radius 3 is 0.977 bits per heavy atom. The molecular weight excluding hydrogens is 619 g/mol. The maximum Gasteiger partial charge on any atom is 0.500 e. The van der Waals surface area contributed by atoms with Crippen LogP contribution in [0.5, 0.6) is 0 Å². The van der Waals surface area contributed by atoms with E-state index in [4.69, 9.17) is 54.0 Å². The summed E-state index contributed by atoms with van der Waals surface area (Å²) in [4.78, 5) is 14.6. The summed E-state index contributed by atoms with van der Waals surface area (Å²) in [6.45, 7) is 5.79. The molecule has 0 rings (SSSR count). The SMILES string of the molecule is CCN(C(C)=O)C(COCCC[Si](OC)(OC)OC)(COCCC[Si](OC)(OC)OC)COCCC[Si](OC)(OC)OC. The van der Waals surface area contributed by atoms with Crippen LogP contribution in [0.4, 0.5) is 0 Å². The lowest BCUT2D eigenvalue weighted by atomic mass is 10.00. The van der Waals surface area contributed by atoms with E-state index in [1.54, 1.807) is 75.8 Å². The minimum Gasteiger partial charge on any atom is -0.379 e. The predicted molar refractivity (Wildman–Crippen MR) is 167 cm³/mol. The van der Waals surface area contributed by atoms with E-state index in [9.17, 15) is 4.79 Å². The molecule has 43 heavy (non-hydrogen) atoms. The molecule has 0 bridgehead atoms. The van der Waals surface area contributed by atoms with Crippen molar-refractivity contribution in [1.82, 2.24) is 4.90 Å². The number of hydrogen-bond donors (Lipinski definition) is 0. The van der Waals surface area contributed by atoms with Gasteiger partial charge < -0.3 is 58.9 Å². The standard InChI is InChI=1S/C26H59NO13Si3/c1-12-27(25(2)28)26(22-38-16-13-19-41(29-3,30-4)31-5,23-39-17-14-20-42(32-6,33-7)34-8)24-40-18-15-21-43(35-9,36-10)37-11/h12-24H2,1-11H3. The van der Waals surface area contributed by atoms with Gasteiger partial charge in [0.1, 0.15) is 5.54 Å². The Labute approximate surface area is 262 Å². The summed E-state index contributed by atoms with van der Waals surface area (Å²) in [6, 6.07) is 1.78. The van der Waals surface area contributed by atoms with Crippen LogP contribution in [0.1, 0.15) is 33.1 Å². The molecule has 0 heterocycles. The van der Waals surface area contributed by atoms with Crippen molar-refractivity contribution in [2.75, 3.05) is 110 Å². The Morgan fingerprint density at radius 2 is 0.791 bits per heavy atom. The largest absolute Gasteiger partial charge is 0.500 e. The predicted octanol–water partition coefficient (Wildman–Crippen LogP) is 2.45. The first-order valence-corrected chi connectivity index (χ1v) is 20.3. The van der Waals surface area contributed by atoms with Gasteiger partial charge in [-0.3, -0.25) is 4.79 Å². The summed E-state index contributed by atoms with van der Waals surface area (Å²) in [6.07, 6.45) is 1.96. The minimum absolute atomic E-state index is 0.1000. The van der Waals surface area contributed by atoms with E-state index < -0.39 is 32.0 Å². The number of rotatable bonds is 29. The van der Waals surface area contributed by atoms with E-state index in [1.165, 1.54) is 0 Å². The van der Waals surface area contributed by atoms with Crippen LogP contribution in [-0.4, -0.2) is 153 Å². The van der Waals surface area contributed by atoms with Crippen LogP contribution >= 0.6 is 0 Å². The molecule has 1 amide bonds. The number of amides is 1. The second-order valence-electron chi connectivity index (χ2n) is 9.84. The highest BCUT2D eigenvalue weighted by Gasteiger charge is 2.42. The van der Waals surface area contributed by atoms with Crippen molar-refractivity contribution in [3.8, 4) is 0 Å². The average Bonchev–Trinajstić information content (AvgIpc) is 3.03. The van der Waals surface area contributed by atoms with Crippen molar-refractivity contribution < 1.29 is 58.8 Å². The van der Waals surface area contributed by atoms with Gasteiger partial charge in [-0.25, -0.2) is 0 Å². The molecule has 0 aromatic carbocycles. The number of nitrogens with zero attached hydrogens (tertiary/aromatic N) is 1. The number of carbonyl (C=O) groups excluding carboxylic acids is 1. The molecule has 0 saturated heterocycles. The third-order valence-corrected chi connectivity index (χ3v) is 16.0. The lowest BCUT2D eigenvalue weighted by molar-refractivity contribution is -0.149. The number of hydrogen-bond acceptors (Lipinski definition) is 13. The fraction of sp³-hybridized carbons (Fsp3) is 0.962. The van der Waals surface area contributed by atoms with Gasteiger partial charge in [0.05, 0.1) is 19.8 Å². The van der Waals surface area contributed by atoms with Crippen molar-refractivity contribution in [1.29, 1.82) is 0 Å². The molecule has 0 unspecified atom stereocenters. The van der Waals surface area contributed by atoms with Crippen LogP contribution < -0.4 is 0 Å². The van der Waals surface area contributed by atoms with E-state index in [-0.39, 0.29) is 25.7 Å². The quantitative estimate of drug-likeness (QED) is 0.0850. The van der Waals surface area contributed by atoms with Crippen LogP contribution in [0.15, 0.2) is 0 Å². The normalized spacial score (nSPS) is 13.1. The van der Waals surface area contributed by atoms with Gasteiger partial charge >= 0.3 is 26.4 Å². The van der Waals surface area contributed by atoms with Gasteiger partial charge in [-0.05, 0) is 26.2 Å². The van der Waals surface area contributed by atoms with Gasteiger partial charge in [-0.2, -0.15) is 0 Å². The first-order valence-electron chi connectivity index (χ1n) is 14.5. The summed E-state index contributed by atoms with van der Waals surface area (Å²) in [5.74, 6) is -0.1000. The van der Waals surface area contributed by atoms with Crippen LogP contribution in [-0.2, 0) is 58.8 Å². The van der Waals surface area contributed by atoms with Gasteiger partial charge in [-0.1, -0.05) is 0 Å². The molecule has 0 N–H and O–H groups in total. The molecule has 0 atom stereocenters. The molecule has 0 spiro atoms. The van der Waals surface area contributed by atoms with Crippen LogP contribution in [0.25, 0.3) is 0 Å². The van der Waals surface area contributed by atoms with Crippen molar-refractivity contribution in [3.63, 3.8) is 0 Å².